The summed E-state index contributed by atoms with van der Waals surface area (Å²) in [6, 6.07) is 8.37. The van der Waals surface area contributed by atoms with E-state index in [2.05, 4.69) is 55.8 Å². The summed E-state index contributed by atoms with van der Waals surface area (Å²) in [6.45, 7) is 3.30. The normalized spacial score (nSPS) is 10.9. The molecule has 2 aromatic heterocycles. The molecule has 3 rings (SSSR count). The molecule has 0 saturated heterocycles. The summed E-state index contributed by atoms with van der Waals surface area (Å²) >= 11 is 1.35. The molecule has 0 unspecified atom stereocenters. The summed E-state index contributed by atoms with van der Waals surface area (Å²) in [5, 5.41) is 4.04. The van der Waals surface area contributed by atoms with Gasteiger partial charge < -0.3 is 15.0 Å². The van der Waals surface area contributed by atoms with E-state index >= 15 is 0 Å². The highest BCUT2D eigenvalue weighted by Gasteiger charge is 2.06. The number of aromatic nitrogens is 4. The highest BCUT2D eigenvalue weighted by atomic mass is 32.1. The predicted octanol–water partition coefficient (Wildman–Crippen LogP) is 3.04. The lowest BCUT2D eigenvalue weighted by Gasteiger charge is -2.00. The zero-order valence-electron chi connectivity index (χ0n) is 13.2. The van der Waals surface area contributed by atoms with Crippen molar-refractivity contribution in [3.8, 4) is 11.3 Å². The van der Waals surface area contributed by atoms with E-state index in [1.54, 1.807) is 7.11 Å². The lowest BCUT2D eigenvalue weighted by Crippen LogP contribution is -2.01. The van der Waals surface area contributed by atoms with Crippen LogP contribution >= 0.6 is 11.5 Å². The van der Waals surface area contributed by atoms with Gasteiger partial charge in [0.1, 0.15) is 11.6 Å². The Hall–Kier alpha value is -2.25. The van der Waals surface area contributed by atoms with Crippen molar-refractivity contribution < 1.29 is 4.74 Å². The first-order valence-electron chi connectivity index (χ1n) is 7.41. The average Bonchev–Trinajstić information content (AvgIpc) is 3.21. The molecular weight excluding hydrogens is 310 g/mol. The molecule has 0 radical (unpaired) electrons. The smallest absolute Gasteiger partial charge is 0.202 e. The van der Waals surface area contributed by atoms with Crippen LogP contribution in [0.1, 0.15) is 17.2 Å². The van der Waals surface area contributed by atoms with Crippen LogP contribution < -0.4 is 5.32 Å². The Balaban J connectivity index is 1.58. The number of rotatable bonds is 7. The van der Waals surface area contributed by atoms with E-state index in [1.807, 2.05) is 6.20 Å². The molecule has 7 heteroatoms. The maximum absolute atomic E-state index is 5.03. The molecule has 0 aliphatic carbocycles. The van der Waals surface area contributed by atoms with Crippen molar-refractivity contribution in [1.29, 1.82) is 0 Å². The van der Waals surface area contributed by atoms with Crippen molar-refractivity contribution in [3.63, 3.8) is 0 Å². The van der Waals surface area contributed by atoms with Crippen molar-refractivity contribution in [3.05, 3.63) is 47.7 Å². The third kappa shape index (κ3) is 4.14. The first-order valence-corrected chi connectivity index (χ1v) is 8.18. The molecule has 0 aliphatic rings. The van der Waals surface area contributed by atoms with Gasteiger partial charge in [-0.05, 0) is 12.5 Å². The van der Waals surface area contributed by atoms with Gasteiger partial charge in [0, 0.05) is 25.1 Å². The number of H-pyrrole nitrogens is 1. The van der Waals surface area contributed by atoms with Gasteiger partial charge in [0.25, 0.3) is 0 Å². The molecule has 0 atom stereocenters. The Labute approximate surface area is 139 Å². The van der Waals surface area contributed by atoms with Gasteiger partial charge in [-0.15, -0.1) is 0 Å². The number of imidazole rings is 1. The topological polar surface area (TPSA) is 75.7 Å². The van der Waals surface area contributed by atoms with Gasteiger partial charge in [-0.25, -0.2) is 9.97 Å². The molecule has 0 spiro atoms. The summed E-state index contributed by atoms with van der Waals surface area (Å²) in [6.07, 6.45) is 2.58. The fourth-order valence-electron chi connectivity index (χ4n) is 2.11. The summed E-state index contributed by atoms with van der Waals surface area (Å²) in [5.74, 6) is 1.67. The SMILES string of the molecule is COCCc1nsc(NCc2ncc(-c3ccc(C)cc3)[nH]2)n1. The summed E-state index contributed by atoms with van der Waals surface area (Å²) in [7, 11) is 1.67. The Morgan fingerprint density at radius 3 is 2.87 bits per heavy atom. The van der Waals surface area contributed by atoms with E-state index in [0.29, 0.717) is 13.2 Å². The third-order valence-electron chi connectivity index (χ3n) is 3.40. The van der Waals surface area contributed by atoms with Gasteiger partial charge in [0.05, 0.1) is 25.0 Å². The van der Waals surface area contributed by atoms with E-state index < -0.39 is 0 Å². The molecule has 0 fully saturated rings. The number of aromatic amines is 1. The van der Waals surface area contributed by atoms with Crippen LogP contribution in [-0.2, 0) is 17.7 Å². The average molecular weight is 329 g/mol. The van der Waals surface area contributed by atoms with E-state index in [1.165, 1.54) is 17.1 Å². The third-order valence-corrected chi connectivity index (χ3v) is 4.11. The second-order valence-electron chi connectivity index (χ2n) is 5.22. The minimum Gasteiger partial charge on any atom is -0.384 e. The molecule has 6 nitrogen and oxygen atoms in total. The molecule has 0 saturated carbocycles. The second-order valence-corrected chi connectivity index (χ2v) is 5.97. The number of nitrogens with one attached hydrogen (secondary N) is 2. The summed E-state index contributed by atoms with van der Waals surface area (Å²) < 4.78 is 9.31. The van der Waals surface area contributed by atoms with E-state index in [9.17, 15) is 0 Å². The molecule has 3 aromatic rings. The van der Waals surface area contributed by atoms with Crippen LogP contribution in [0.15, 0.2) is 30.5 Å². The molecule has 23 heavy (non-hydrogen) atoms. The lowest BCUT2D eigenvalue weighted by atomic mass is 10.1. The fraction of sp³-hybridized carbons (Fsp3) is 0.312. The van der Waals surface area contributed by atoms with E-state index in [4.69, 9.17) is 4.74 Å². The maximum atomic E-state index is 5.03. The molecular formula is C16H19N5OS. The standard InChI is InChI=1S/C16H19N5OS/c1-11-3-5-12(6-4-11)13-9-17-15(19-13)10-18-16-20-14(21-23-16)7-8-22-2/h3-6,9H,7-8,10H2,1-2H3,(H,17,19)(H,18,20,21). The molecule has 0 bridgehead atoms. The maximum Gasteiger partial charge on any atom is 0.202 e. The minimum absolute atomic E-state index is 0.588. The minimum atomic E-state index is 0.588. The van der Waals surface area contributed by atoms with Crippen LogP contribution in [0.2, 0.25) is 0 Å². The number of aryl methyl sites for hydroxylation is 1. The largest absolute Gasteiger partial charge is 0.384 e. The van der Waals surface area contributed by atoms with Crippen LogP contribution in [-0.4, -0.2) is 33.0 Å². The van der Waals surface area contributed by atoms with Gasteiger partial charge in [-0.3, -0.25) is 0 Å². The Morgan fingerprint density at radius 1 is 1.26 bits per heavy atom. The molecule has 1 aromatic carbocycles. The van der Waals surface area contributed by atoms with Crippen molar-refractivity contribution in [1.82, 2.24) is 19.3 Å². The van der Waals surface area contributed by atoms with Crippen LogP contribution in [0.4, 0.5) is 5.13 Å². The van der Waals surface area contributed by atoms with Gasteiger partial charge in [-0.2, -0.15) is 4.37 Å². The monoisotopic (exact) mass is 329 g/mol. The molecule has 0 amide bonds. The number of ether oxygens (including phenoxy) is 1. The predicted molar refractivity (Wildman–Crippen MR) is 91.6 cm³/mol. The Kier molecular flexibility index (Phi) is 4.99. The van der Waals surface area contributed by atoms with Gasteiger partial charge in [0.15, 0.2) is 0 Å². The van der Waals surface area contributed by atoms with Crippen LogP contribution in [0, 0.1) is 6.92 Å². The zero-order valence-corrected chi connectivity index (χ0v) is 14.0. The molecule has 2 heterocycles. The quantitative estimate of drug-likeness (QED) is 0.697. The van der Waals surface area contributed by atoms with E-state index in [0.717, 1.165) is 34.5 Å². The number of anilines is 1. The van der Waals surface area contributed by atoms with Crippen molar-refractivity contribution >= 4 is 16.7 Å². The first-order chi connectivity index (χ1) is 11.2. The summed E-state index contributed by atoms with van der Waals surface area (Å²) in [4.78, 5) is 12.1. The number of hydrogen-bond acceptors (Lipinski definition) is 6. The van der Waals surface area contributed by atoms with Crippen LogP contribution in [0.3, 0.4) is 0 Å². The fourth-order valence-corrected chi connectivity index (χ4v) is 2.72. The van der Waals surface area contributed by atoms with Crippen molar-refractivity contribution in [2.45, 2.75) is 19.9 Å². The highest BCUT2D eigenvalue weighted by molar-refractivity contribution is 7.09. The Bertz CT molecular complexity index is 750. The molecule has 2 N–H and O–H groups in total. The number of benzene rings is 1. The van der Waals surface area contributed by atoms with Gasteiger partial charge >= 0.3 is 0 Å². The van der Waals surface area contributed by atoms with Gasteiger partial charge in [0.2, 0.25) is 5.13 Å². The number of nitrogens with zero attached hydrogens (tertiary/aromatic N) is 3. The van der Waals surface area contributed by atoms with Crippen LogP contribution in [0.5, 0.6) is 0 Å². The highest BCUT2D eigenvalue weighted by Crippen LogP contribution is 2.18. The first kappa shape index (κ1) is 15.6. The molecule has 120 valence electrons. The van der Waals surface area contributed by atoms with Crippen LogP contribution in [0.25, 0.3) is 11.3 Å². The number of methoxy groups -OCH3 is 1. The van der Waals surface area contributed by atoms with Crippen molar-refractivity contribution in [2.75, 3.05) is 19.0 Å². The summed E-state index contributed by atoms with van der Waals surface area (Å²) in [5.41, 5.74) is 3.39. The van der Waals surface area contributed by atoms with Crippen molar-refractivity contribution in [2.24, 2.45) is 0 Å². The zero-order chi connectivity index (χ0) is 16.1. The lowest BCUT2D eigenvalue weighted by molar-refractivity contribution is 0.201. The number of hydrogen-bond donors (Lipinski definition) is 2. The molecule has 0 aliphatic heterocycles. The second kappa shape index (κ2) is 7.34. The van der Waals surface area contributed by atoms with Gasteiger partial charge in [-0.1, -0.05) is 29.8 Å². The van der Waals surface area contributed by atoms with E-state index in [-0.39, 0.29) is 0 Å². The Morgan fingerprint density at radius 2 is 2.09 bits per heavy atom.